The van der Waals surface area contributed by atoms with E-state index in [2.05, 4.69) is 30.8 Å². The number of aryl methyl sites for hydroxylation is 1. The molecule has 0 aliphatic carbocycles. The molecule has 148 valence electrons. The Morgan fingerprint density at radius 3 is 2.69 bits per heavy atom. The van der Waals surface area contributed by atoms with Crippen LogP contribution in [0.1, 0.15) is 23.7 Å². The SMILES string of the molecule is CCc1nc2c(F)cc(CN3CCN(c4ccc(C#N)cn4)CC3)cc2[nH]c1=O. The maximum atomic E-state index is 14.6. The number of fused-ring (bicyclic) bond motifs is 1. The minimum Gasteiger partial charge on any atom is -0.354 e. The first kappa shape index (κ1) is 19.0. The summed E-state index contributed by atoms with van der Waals surface area (Å²) in [5.41, 5.74) is 2.08. The molecule has 8 heteroatoms. The minimum absolute atomic E-state index is 0.210. The van der Waals surface area contributed by atoms with Crippen LogP contribution in [-0.4, -0.2) is 46.0 Å². The number of hydrogen-bond acceptors (Lipinski definition) is 6. The quantitative estimate of drug-likeness (QED) is 0.732. The smallest absolute Gasteiger partial charge is 0.270 e. The Morgan fingerprint density at radius 2 is 2.03 bits per heavy atom. The van der Waals surface area contributed by atoms with Gasteiger partial charge < -0.3 is 9.88 Å². The van der Waals surface area contributed by atoms with E-state index in [0.29, 0.717) is 29.7 Å². The van der Waals surface area contributed by atoms with Crippen LogP contribution in [0.3, 0.4) is 0 Å². The number of aromatic nitrogens is 3. The van der Waals surface area contributed by atoms with Crippen molar-refractivity contribution in [2.24, 2.45) is 0 Å². The van der Waals surface area contributed by atoms with Gasteiger partial charge in [0.15, 0.2) is 5.82 Å². The number of rotatable bonds is 4. The van der Waals surface area contributed by atoms with Crippen molar-refractivity contribution in [3.63, 3.8) is 0 Å². The van der Waals surface area contributed by atoms with Crippen molar-refractivity contribution < 1.29 is 4.39 Å². The van der Waals surface area contributed by atoms with Gasteiger partial charge >= 0.3 is 0 Å². The number of nitrogens with zero attached hydrogens (tertiary/aromatic N) is 5. The third kappa shape index (κ3) is 3.96. The lowest BCUT2D eigenvalue weighted by molar-refractivity contribution is 0.249. The van der Waals surface area contributed by atoms with Crippen LogP contribution in [0.5, 0.6) is 0 Å². The summed E-state index contributed by atoms with van der Waals surface area (Å²) in [5.74, 6) is 0.444. The average molecular weight is 392 g/mol. The molecule has 1 fully saturated rings. The van der Waals surface area contributed by atoms with Gasteiger partial charge in [-0.1, -0.05) is 6.92 Å². The first-order valence-electron chi connectivity index (χ1n) is 9.62. The van der Waals surface area contributed by atoms with Gasteiger partial charge in [-0.2, -0.15) is 5.26 Å². The van der Waals surface area contributed by atoms with Crippen molar-refractivity contribution in [1.29, 1.82) is 5.26 Å². The van der Waals surface area contributed by atoms with Gasteiger partial charge in [0.25, 0.3) is 5.56 Å². The second kappa shape index (κ2) is 7.97. The largest absolute Gasteiger partial charge is 0.354 e. The summed E-state index contributed by atoms with van der Waals surface area (Å²) in [6.07, 6.45) is 2.04. The van der Waals surface area contributed by atoms with Crippen LogP contribution in [0.15, 0.2) is 35.3 Å². The van der Waals surface area contributed by atoms with Crippen LogP contribution in [0.2, 0.25) is 0 Å². The number of piperazine rings is 1. The van der Waals surface area contributed by atoms with Crippen molar-refractivity contribution in [3.05, 3.63) is 63.5 Å². The van der Waals surface area contributed by atoms with E-state index in [1.807, 2.05) is 13.0 Å². The molecule has 1 N–H and O–H groups in total. The van der Waals surface area contributed by atoms with Crippen LogP contribution >= 0.6 is 0 Å². The summed E-state index contributed by atoms with van der Waals surface area (Å²) >= 11 is 0. The van der Waals surface area contributed by atoms with Crippen molar-refractivity contribution in [2.45, 2.75) is 19.9 Å². The van der Waals surface area contributed by atoms with Gasteiger partial charge in [0.1, 0.15) is 23.1 Å². The maximum Gasteiger partial charge on any atom is 0.270 e. The predicted molar refractivity (Wildman–Crippen MR) is 108 cm³/mol. The molecule has 2 aromatic heterocycles. The Morgan fingerprint density at radius 1 is 1.24 bits per heavy atom. The Balaban J connectivity index is 1.45. The Hall–Kier alpha value is -3.31. The van der Waals surface area contributed by atoms with Gasteiger partial charge in [-0.05, 0) is 36.2 Å². The summed E-state index contributed by atoms with van der Waals surface area (Å²) < 4.78 is 14.6. The van der Waals surface area contributed by atoms with E-state index in [9.17, 15) is 9.18 Å². The molecule has 1 saturated heterocycles. The van der Waals surface area contributed by atoms with Crippen LogP contribution in [0.25, 0.3) is 11.0 Å². The number of anilines is 1. The highest BCUT2D eigenvalue weighted by molar-refractivity contribution is 5.75. The van der Waals surface area contributed by atoms with E-state index in [1.54, 1.807) is 18.3 Å². The molecule has 0 bridgehead atoms. The lowest BCUT2D eigenvalue weighted by Crippen LogP contribution is -2.46. The molecule has 0 atom stereocenters. The monoisotopic (exact) mass is 392 g/mol. The number of halogens is 1. The standard InChI is InChI=1S/C21H21FN6O/c1-2-17-21(29)26-18-10-15(9-16(22)20(18)25-17)13-27-5-7-28(8-6-27)19-4-3-14(11-23)12-24-19/h3-4,9-10,12H,2,5-8,13H2,1H3,(H,26,29). The second-order valence-corrected chi connectivity index (χ2v) is 7.12. The highest BCUT2D eigenvalue weighted by Gasteiger charge is 2.19. The van der Waals surface area contributed by atoms with Crippen molar-refractivity contribution in [1.82, 2.24) is 19.9 Å². The number of benzene rings is 1. The van der Waals surface area contributed by atoms with Gasteiger partial charge in [-0.15, -0.1) is 0 Å². The molecule has 0 radical (unpaired) electrons. The highest BCUT2D eigenvalue weighted by Crippen LogP contribution is 2.19. The van der Waals surface area contributed by atoms with Crippen molar-refractivity contribution in [3.8, 4) is 6.07 Å². The zero-order valence-electron chi connectivity index (χ0n) is 16.2. The summed E-state index contributed by atoms with van der Waals surface area (Å²) in [7, 11) is 0. The molecular weight excluding hydrogens is 371 g/mol. The summed E-state index contributed by atoms with van der Waals surface area (Å²) in [5, 5.41) is 8.88. The number of nitriles is 1. The topological polar surface area (TPSA) is 88.9 Å². The number of hydrogen-bond donors (Lipinski definition) is 1. The molecule has 3 aromatic rings. The van der Waals surface area contributed by atoms with E-state index in [0.717, 1.165) is 37.6 Å². The molecule has 0 amide bonds. The highest BCUT2D eigenvalue weighted by atomic mass is 19.1. The Bertz CT molecular complexity index is 1130. The van der Waals surface area contributed by atoms with Gasteiger partial charge in [0.05, 0.1) is 11.1 Å². The maximum absolute atomic E-state index is 14.6. The minimum atomic E-state index is -0.413. The first-order chi connectivity index (χ1) is 14.1. The van der Waals surface area contributed by atoms with E-state index in [1.165, 1.54) is 6.07 Å². The third-order valence-electron chi connectivity index (χ3n) is 5.19. The van der Waals surface area contributed by atoms with Crippen molar-refractivity contribution >= 4 is 16.9 Å². The molecule has 0 unspecified atom stereocenters. The van der Waals surface area contributed by atoms with E-state index >= 15 is 0 Å². The first-order valence-corrected chi connectivity index (χ1v) is 9.62. The predicted octanol–water partition coefficient (Wildman–Crippen LogP) is 2.21. The molecule has 29 heavy (non-hydrogen) atoms. The molecule has 1 aliphatic rings. The zero-order chi connectivity index (χ0) is 20.4. The molecular formula is C21H21FN6O. The Labute approximate surface area is 167 Å². The third-order valence-corrected chi connectivity index (χ3v) is 5.19. The molecule has 7 nitrogen and oxygen atoms in total. The van der Waals surface area contributed by atoms with E-state index in [4.69, 9.17) is 5.26 Å². The van der Waals surface area contributed by atoms with Crippen molar-refractivity contribution in [2.75, 3.05) is 31.1 Å². The molecule has 3 heterocycles. The Kier molecular flexibility index (Phi) is 5.23. The zero-order valence-corrected chi connectivity index (χ0v) is 16.2. The second-order valence-electron chi connectivity index (χ2n) is 7.12. The summed E-state index contributed by atoms with van der Waals surface area (Å²) in [6, 6.07) is 9.01. The summed E-state index contributed by atoms with van der Waals surface area (Å²) in [6.45, 7) is 5.64. The van der Waals surface area contributed by atoms with Crippen LogP contribution in [0.4, 0.5) is 10.2 Å². The molecule has 0 saturated carbocycles. The fourth-order valence-corrected chi connectivity index (χ4v) is 3.61. The van der Waals surface area contributed by atoms with Gasteiger partial charge in [0.2, 0.25) is 0 Å². The van der Waals surface area contributed by atoms with Crippen LogP contribution < -0.4 is 10.5 Å². The molecule has 1 aliphatic heterocycles. The molecule has 0 spiro atoms. The fraction of sp³-hybridized carbons (Fsp3) is 0.333. The van der Waals surface area contributed by atoms with Gasteiger partial charge in [-0.3, -0.25) is 9.69 Å². The van der Waals surface area contributed by atoms with Gasteiger partial charge in [-0.25, -0.2) is 14.4 Å². The number of aromatic amines is 1. The number of H-pyrrole nitrogens is 1. The molecule has 1 aromatic carbocycles. The number of nitrogens with one attached hydrogen (secondary N) is 1. The normalized spacial score (nSPS) is 14.9. The van der Waals surface area contributed by atoms with Crippen LogP contribution in [0, 0.1) is 17.1 Å². The summed E-state index contributed by atoms with van der Waals surface area (Å²) in [4.78, 5) is 27.7. The number of pyridine rings is 1. The lowest BCUT2D eigenvalue weighted by atomic mass is 10.1. The van der Waals surface area contributed by atoms with Gasteiger partial charge in [0, 0.05) is 38.9 Å². The van der Waals surface area contributed by atoms with Crippen LogP contribution in [-0.2, 0) is 13.0 Å². The lowest BCUT2D eigenvalue weighted by Gasteiger charge is -2.35. The van der Waals surface area contributed by atoms with E-state index < -0.39 is 5.82 Å². The van der Waals surface area contributed by atoms with E-state index in [-0.39, 0.29) is 11.1 Å². The average Bonchev–Trinajstić information content (AvgIpc) is 2.74. The molecule has 4 rings (SSSR count). The fourth-order valence-electron chi connectivity index (χ4n) is 3.61.